The van der Waals surface area contributed by atoms with E-state index in [9.17, 15) is 9.90 Å². The van der Waals surface area contributed by atoms with Crippen LogP contribution in [0.1, 0.15) is 12.5 Å². The van der Waals surface area contributed by atoms with Crippen molar-refractivity contribution in [2.45, 2.75) is 12.7 Å². The van der Waals surface area contributed by atoms with Gasteiger partial charge in [0.15, 0.2) is 0 Å². The van der Waals surface area contributed by atoms with Crippen LogP contribution in [0.2, 0.25) is 5.02 Å². The average molecular weight is 225 g/mol. The van der Waals surface area contributed by atoms with Crippen LogP contribution in [-0.2, 0) is 9.53 Å². The molecular formula is C11H9ClO3. The molecule has 1 atom stereocenters. The smallest absolute Gasteiger partial charge is 0.334 e. The summed E-state index contributed by atoms with van der Waals surface area (Å²) in [6.07, 6.45) is 1.28. The Kier molecular flexibility index (Phi) is 2.29. The van der Waals surface area contributed by atoms with E-state index in [2.05, 4.69) is 0 Å². The Morgan fingerprint density at radius 2 is 1.93 bits per heavy atom. The highest BCUT2D eigenvalue weighted by atomic mass is 35.5. The van der Waals surface area contributed by atoms with E-state index in [1.54, 1.807) is 24.3 Å². The molecule has 1 heterocycles. The zero-order valence-electron chi connectivity index (χ0n) is 8.03. The van der Waals surface area contributed by atoms with E-state index in [4.69, 9.17) is 16.3 Å². The van der Waals surface area contributed by atoms with E-state index in [0.29, 0.717) is 10.6 Å². The van der Waals surface area contributed by atoms with E-state index in [-0.39, 0.29) is 0 Å². The number of carbonyl (C=O) groups is 1. The van der Waals surface area contributed by atoms with Gasteiger partial charge < -0.3 is 9.84 Å². The van der Waals surface area contributed by atoms with Crippen molar-refractivity contribution in [3.05, 3.63) is 40.9 Å². The monoisotopic (exact) mass is 224 g/mol. The molecule has 1 aliphatic rings. The normalized spacial score (nSPS) is 25.0. The van der Waals surface area contributed by atoms with Gasteiger partial charge in [0, 0.05) is 23.6 Å². The fourth-order valence-electron chi connectivity index (χ4n) is 1.51. The topological polar surface area (TPSA) is 46.5 Å². The summed E-state index contributed by atoms with van der Waals surface area (Å²) in [6, 6.07) is 6.84. The van der Waals surface area contributed by atoms with Gasteiger partial charge in [-0.2, -0.15) is 0 Å². The second kappa shape index (κ2) is 3.36. The zero-order chi connectivity index (χ0) is 11.1. The maximum absolute atomic E-state index is 11.0. The van der Waals surface area contributed by atoms with Crippen molar-refractivity contribution in [2.24, 2.45) is 0 Å². The number of hydrogen-bond acceptors (Lipinski definition) is 3. The van der Waals surface area contributed by atoms with Crippen LogP contribution in [0.3, 0.4) is 0 Å². The van der Waals surface area contributed by atoms with Crippen LogP contribution in [0.15, 0.2) is 30.3 Å². The quantitative estimate of drug-likeness (QED) is 0.742. The van der Waals surface area contributed by atoms with Crippen LogP contribution in [0.25, 0.3) is 5.57 Å². The van der Waals surface area contributed by atoms with Gasteiger partial charge in [0.25, 0.3) is 0 Å². The summed E-state index contributed by atoms with van der Waals surface area (Å²) in [5, 5.41) is 10.4. The van der Waals surface area contributed by atoms with Gasteiger partial charge in [-0.05, 0) is 17.7 Å². The predicted octanol–water partition coefficient (Wildman–Crippen LogP) is 1.99. The molecule has 0 fully saturated rings. The van der Waals surface area contributed by atoms with Crippen molar-refractivity contribution in [3.63, 3.8) is 0 Å². The third-order valence-electron chi connectivity index (χ3n) is 2.22. The van der Waals surface area contributed by atoms with Gasteiger partial charge in [0.1, 0.15) is 0 Å². The van der Waals surface area contributed by atoms with Gasteiger partial charge in [0.05, 0.1) is 0 Å². The third kappa shape index (κ3) is 1.89. The summed E-state index contributed by atoms with van der Waals surface area (Å²) in [5.41, 5.74) is 1.17. The number of carbonyl (C=O) groups excluding carboxylic acids is 1. The fourth-order valence-corrected chi connectivity index (χ4v) is 1.64. The first-order chi connectivity index (χ1) is 6.99. The SMILES string of the molecule is CC1(O)OC(=O)C=C1c1ccc(Cl)cc1. The first-order valence-corrected chi connectivity index (χ1v) is 4.80. The highest BCUT2D eigenvalue weighted by Crippen LogP contribution is 2.33. The molecule has 0 aromatic heterocycles. The largest absolute Gasteiger partial charge is 0.426 e. The van der Waals surface area contributed by atoms with Crippen LogP contribution in [0.5, 0.6) is 0 Å². The molecule has 15 heavy (non-hydrogen) atoms. The first kappa shape index (κ1) is 10.2. The summed E-state index contributed by atoms with van der Waals surface area (Å²) < 4.78 is 4.74. The highest BCUT2D eigenvalue weighted by molar-refractivity contribution is 6.30. The molecule has 1 unspecified atom stereocenters. The number of benzene rings is 1. The first-order valence-electron chi connectivity index (χ1n) is 4.42. The number of ether oxygens (including phenoxy) is 1. The van der Waals surface area contributed by atoms with E-state index in [1.807, 2.05) is 0 Å². The lowest BCUT2D eigenvalue weighted by Crippen LogP contribution is -2.26. The van der Waals surface area contributed by atoms with Crippen molar-refractivity contribution in [2.75, 3.05) is 0 Å². The molecule has 2 rings (SSSR count). The summed E-state index contributed by atoms with van der Waals surface area (Å²) in [6.45, 7) is 1.43. The van der Waals surface area contributed by atoms with Crippen LogP contribution in [-0.4, -0.2) is 16.9 Å². The average Bonchev–Trinajstić information content (AvgIpc) is 2.41. The third-order valence-corrected chi connectivity index (χ3v) is 2.47. The number of cyclic esters (lactones) is 1. The van der Waals surface area contributed by atoms with Gasteiger partial charge in [-0.3, -0.25) is 0 Å². The van der Waals surface area contributed by atoms with Gasteiger partial charge in [-0.1, -0.05) is 23.7 Å². The van der Waals surface area contributed by atoms with E-state index >= 15 is 0 Å². The molecule has 0 amide bonds. The molecule has 1 aromatic carbocycles. The number of esters is 1. The van der Waals surface area contributed by atoms with E-state index in [0.717, 1.165) is 5.56 Å². The fraction of sp³-hybridized carbons (Fsp3) is 0.182. The van der Waals surface area contributed by atoms with Crippen molar-refractivity contribution in [1.29, 1.82) is 0 Å². The molecule has 4 heteroatoms. The second-order valence-corrected chi connectivity index (χ2v) is 3.91. The van der Waals surface area contributed by atoms with Gasteiger partial charge in [-0.25, -0.2) is 4.79 Å². The molecule has 0 aliphatic carbocycles. The Morgan fingerprint density at radius 3 is 2.40 bits per heavy atom. The van der Waals surface area contributed by atoms with Crippen LogP contribution >= 0.6 is 11.6 Å². The number of halogens is 1. The number of hydrogen-bond donors (Lipinski definition) is 1. The molecule has 1 aliphatic heterocycles. The van der Waals surface area contributed by atoms with Crippen molar-refractivity contribution >= 4 is 23.1 Å². The van der Waals surface area contributed by atoms with Crippen molar-refractivity contribution < 1.29 is 14.6 Å². The Labute approximate surface area is 91.9 Å². The lowest BCUT2D eigenvalue weighted by atomic mass is 10.00. The lowest BCUT2D eigenvalue weighted by molar-refractivity contribution is -0.169. The molecule has 0 spiro atoms. The second-order valence-electron chi connectivity index (χ2n) is 3.47. The molecule has 3 nitrogen and oxygen atoms in total. The van der Waals surface area contributed by atoms with Gasteiger partial charge in [0.2, 0.25) is 5.79 Å². The minimum Gasteiger partial charge on any atom is -0.426 e. The Morgan fingerprint density at radius 1 is 1.33 bits per heavy atom. The lowest BCUT2D eigenvalue weighted by Gasteiger charge is -2.19. The van der Waals surface area contributed by atoms with Crippen LogP contribution in [0, 0.1) is 0 Å². The molecule has 78 valence electrons. The van der Waals surface area contributed by atoms with Crippen LogP contribution < -0.4 is 0 Å². The Bertz CT molecular complexity index is 432. The molecule has 0 saturated heterocycles. The minimum absolute atomic E-state index is 0.448. The summed E-state index contributed by atoms with van der Waals surface area (Å²) in [5.74, 6) is -2.09. The molecule has 0 bridgehead atoms. The van der Waals surface area contributed by atoms with E-state index < -0.39 is 11.8 Å². The molecule has 1 N–H and O–H groups in total. The Hall–Kier alpha value is -1.32. The standard InChI is InChI=1S/C11H9ClO3/c1-11(14)9(6-10(13)15-11)7-2-4-8(12)5-3-7/h2-6,14H,1H3. The zero-order valence-corrected chi connectivity index (χ0v) is 8.78. The van der Waals surface area contributed by atoms with Crippen molar-refractivity contribution in [3.8, 4) is 0 Å². The number of rotatable bonds is 1. The van der Waals surface area contributed by atoms with E-state index in [1.165, 1.54) is 13.0 Å². The summed E-state index contributed by atoms with van der Waals surface area (Å²) in [4.78, 5) is 11.0. The van der Waals surface area contributed by atoms with Gasteiger partial charge >= 0.3 is 5.97 Å². The van der Waals surface area contributed by atoms with Crippen molar-refractivity contribution in [1.82, 2.24) is 0 Å². The Balaban J connectivity index is 2.43. The van der Waals surface area contributed by atoms with Gasteiger partial charge in [-0.15, -0.1) is 0 Å². The maximum Gasteiger partial charge on any atom is 0.334 e. The molecule has 0 radical (unpaired) electrons. The minimum atomic E-state index is -1.55. The number of aliphatic hydroxyl groups is 1. The molecular weight excluding hydrogens is 216 g/mol. The highest BCUT2D eigenvalue weighted by Gasteiger charge is 2.37. The molecule has 1 aromatic rings. The van der Waals surface area contributed by atoms with Crippen LogP contribution in [0.4, 0.5) is 0 Å². The summed E-state index contributed by atoms with van der Waals surface area (Å²) >= 11 is 5.74. The molecule has 0 saturated carbocycles. The predicted molar refractivity (Wildman–Crippen MR) is 56.1 cm³/mol. The summed E-state index contributed by atoms with van der Waals surface area (Å²) in [7, 11) is 0. The maximum atomic E-state index is 11.0.